The number of halogens is 1. The second kappa shape index (κ2) is 8.85. The van der Waals surface area contributed by atoms with Crippen LogP contribution >= 0.6 is 46.5 Å². The maximum Gasteiger partial charge on any atom is 0.175 e. The van der Waals surface area contributed by atoms with Gasteiger partial charge in [-0.05, 0) is 30.0 Å². The molecule has 2 aromatic rings. The van der Waals surface area contributed by atoms with E-state index in [0.29, 0.717) is 16.5 Å². The number of hydrogen-bond donors (Lipinski definition) is 1. The molecule has 1 atom stereocenters. The molecule has 1 aromatic heterocycles. The summed E-state index contributed by atoms with van der Waals surface area (Å²) in [6, 6.07) is 7.07. The van der Waals surface area contributed by atoms with Crippen LogP contribution in [0.2, 0.25) is 5.02 Å². The molecule has 0 saturated heterocycles. The first-order valence-electron chi connectivity index (χ1n) is 6.33. The van der Waals surface area contributed by atoms with Crippen molar-refractivity contribution >= 4 is 46.5 Å². The molecule has 2 rings (SSSR count). The van der Waals surface area contributed by atoms with Gasteiger partial charge < -0.3 is 9.84 Å². The van der Waals surface area contributed by atoms with Crippen LogP contribution < -0.4 is 4.74 Å². The SMILES string of the molecule is CCSc1nnc(SCC(O)COc2ccc(Cl)cc2)s1. The highest BCUT2D eigenvalue weighted by atomic mass is 35.5. The minimum Gasteiger partial charge on any atom is -0.491 e. The number of thioether (sulfide) groups is 2. The molecular formula is C13H15ClN2O2S3. The van der Waals surface area contributed by atoms with Gasteiger partial charge in [-0.3, -0.25) is 0 Å². The molecular weight excluding hydrogens is 348 g/mol. The van der Waals surface area contributed by atoms with Crippen LogP contribution in [0, 0.1) is 0 Å². The Morgan fingerprint density at radius 1 is 1.24 bits per heavy atom. The number of aliphatic hydroxyl groups excluding tert-OH is 1. The van der Waals surface area contributed by atoms with E-state index in [1.807, 2.05) is 0 Å². The van der Waals surface area contributed by atoms with E-state index < -0.39 is 6.10 Å². The van der Waals surface area contributed by atoms with E-state index in [2.05, 4.69) is 17.1 Å². The van der Waals surface area contributed by atoms with Gasteiger partial charge in [-0.2, -0.15) is 0 Å². The lowest BCUT2D eigenvalue weighted by Gasteiger charge is -2.11. The summed E-state index contributed by atoms with van der Waals surface area (Å²) in [5.41, 5.74) is 0. The van der Waals surface area contributed by atoms with Crippen molar-refractivity contribution in [1.29, 1.82) is 0 Å². The van der Waals surface area contributed by atoms with E-state index >= 15 is 0 Å². The van der Waals surface area contributed by atoms with Crippen LogP contribution in [0.15, 0.2) is 32.9 Å². The molecule has 21 heavy (non-hydrogen) atoms. The third-order valence-electron chi connectivity index (χ3n) is 2.31. The Bertz CT molecular complexity index is 551. The van der Waals surface area contributed by atoms with E-state index in [-0.39, 0.29) is 6.61 Å². The molecule has 8 heteroatoms. The minimum atomic E-state index is -0.558. The van der Waals surface area contributed by atoms with Crippen molar-refractivity contribution in [1.82, 2.24) is 10.2 Å². The number of ether oxygens (including phenoxy) is 1. The fourth-order valence-corrected chi connectivity index (χ4v) is 4.35. The maximum atomic E-state index is 9.92. The smallest absolute Gasteiger partial charge is 0.175 e. The summed E-state index contributed by atoms with van der Waals surface area (Å²) >= 11 is 10.5. The Balaban J connectivity index is 1.71. The number of rotatable bonds is 8. The lowest BCUT2D eigenvalue weighted by Crippen LogP contribution is -2.19. The van der Waals surface area contributed by atoms with Crippen LogP contribution in [0.1, 0.15) is 6.92 Å². The van der Waals surface area contributed by atoms with E-state index in [9.17, 15) is 5.11 Å². The lowest BCUT2D eigenvalue weighted by atomic mass is 10.3. The van der Waals surface area contributed by atoms with Gasteiger partial charge in [0, 0.05) is 10.8 Å². The molecule has 0 saturated carbocycles. The van der Waals surface area contributed by atoms with Crippen LogP contribution in [-0.2, 0) is 0 Å². The van der Waals surface area contributed by atoms with Gasteiger partial charge >= 0.3 is 0 Å². The highest BCUT2D eigenvalue weighted by Crippen LogP contribution is 2.28. The van der Waals surface area contributed by atoms with Gasteiger partial charge in [0.05, 0.1) is 6.10 Å². The molecule has 0 radical (unpaired) electrons. The Morgan fingerprint density at radius 3 is 2.57 bits per heavy atom. The topological polar surface area (TPSA) is 55.2 Å². The van der Waals surface area contributed by atoms with E-state index in [4.69, 9.17) is 16.3 Å². The highest BCUT2D eigenvalue weighted by molar-refractivity contribution is 8.03. The first-order chi connectivity index (χ1) is 10.2. The molecule has 0 fully saturated rings. The summed E-state index contributed by atoms with van der Waals surface area (Å²) < 4.78 is 7.33. The van der Waals surface area contributed by atoms with Crippen molar-refractivity contribution in [3.05, 3.63) is 29.3 Å². The van der Waals surface area contributed by atoms with Crippen LogP contribution in [0.3, 0.4) is 0 Å². The molecule has 114 valence electrons. The summed E-state index contributed by atoms with van der Waals surface area (Å²) in [5.74, 6) is 2.21. The minimum absolute atomic E-state index is 0.240. The van der Waals surface area contributed by atoms with Crippen LogP contribution in [-0.4, -0.2) is 39.5 Å². The average molecular weight is 363 g/mol. The molecule has 0 spiro atoms. The Kier molecular flexibility index (Phi) is 7.12. The molecule has 1 N–H and O–H groups in total. The monoisotopic (exact) mass is 362 g/mol. The normalized spacial score (nSPS) is 12.3. The fourth-order valence-electron chi connectivity index (χ4n) is 1.38. The van der Waals surface area contributed by atoms with E-state index in [1.165, 1.54) is 11.8 Å². The predicted octanol–water partition coefficient (Wildman–Crippen LogP) is 3.84. The van der Waals surface area contributed by atoms with Crippen LogP contribution in [0.5, 0.6) is 5.75 Å². The highest BCUT2D eigenvalue weighted by Gasteiger charge is 2.10. The predicted molar refractivity (Wildman–Crippen MR) is 90.0 cm³/mol. The number of aromatic nitrogens is 2. The van der Waals surface area contributed by atoms with Crippen molar-refractivity contribution in [2.24, 2.45) is 0 Å². The van der Waals surface area contributed by atoms with E-state index in [1.54, 1.807) is 47.4 Å². The van der Waals surface area contributed by atoms with Gasteiger partial charge in [-0.1, -0.05) is 53.4 Å². The molecule has 1 unspecified atom stereocenters. The van der Waals surface area contributed by atoms with E-state index in [0.717, 1.165) is 14.4 Å². The summed E-state index contributed by atoms with van der Waals surface area (Å²) in [6.45, 7) is 2.32. The van der Waals surface area contributed by atoms with Gasteiger partial charge in [0.1, 0.15) is 12.4 Å². The number of benzene rings is 1. The Labute approximate surface area is 141 Å². The summed E-state index contributed by atoms with van der Waals surface area (Å²) in [5, 5.41) is 18.7. The second-order valence-electron chi connectivity index (χ2n) is 4.00. The lowest BCUT2D eigenvalue weighted by molar-refractivity contribution is 0.126. The van der Waals surface area contributed by atoms with Gasteiger partial charge in [0.25, 0.3) is 0 Å². The third kappa shape index (κ3) is 6.04. The van der Waals surface area contributed by atoms with Gasteiger partial charge in [-0.15, -0.1) is 10.2 Å². The standard InChI is InChI=1S/C13H15ClN2O2S3/c1-2-19-12-15-16-13(21-12)20-8-10(17)7-18-11-5-3-9(14)4-6-11/h3-6,10,17H,2,7-8H2,1H3. The average Bonchev–Trinajstić information content (AvgIpc) is 2.93. The molecule has 0 aliphatic carbocycles. The van der Waals surface area contributed by atoms with Crippen molar-refractivity contribution in [3.63, 3.8) is 0 Å². The quantitative estimate of drug-likeness (QED) is 0.720. The molecule has 0 bridgehead atoms. The maximum absolute atomic E-state index is 9.92. The number of aliphatic hydroxyl groups is 1. The largest absolute Gasteiger partial charge is 0.491 e. The third-order valence-corrected chi connectivity index (χ3v) is 5.78. The second-order valence-corrected chi connectivity index (χ2v) is 8.19. The van der Waals surface area contributed by atoms with Gasteiger partial charge in [0.15, 0.2) is 8.68 Å². The van der Waals surface area contributed by atoms with Crippen molar-refractivity contribution < 1.29 is 9.84 Å². The van der Waals surface area contributed by atoms with Crippen molar-refractivity contribution in [3.8, 4) is 5.75 Å². The first kappa shape index (κ1) is 16.9. The van der Waals surface area contributed by atoms with Crippen molar-refractivity contribution in [2.75, 3.05) is 18.1 Å². The summed E-state index contributed by atoms with van der Waals surface area (Å²) in [7, 11) is 0. The zero-order chi connectivity index (χ0) is 15.1. The molecule has 1 aromatic carbocycles. The number of nitrogens with zero attached hydrogens (tertiary/aromatic N) is 2. The molecule has 0 amide bonds. The summed E-state index contributed by atoms with van der Waals surface area (Å²) in [4.78, 5) is 0. The summed E-state index contributed by atoms with van der Waals surface area (Å²) in [6.07, 6.45) is -0.558. The zero-order valence-electron chi connectivity index (χ0n) is 11.4. The Morgan fingerprint density at radius 2 is 1.90 bits per heavy atom. The zero-order valence-corrected chi connectivity index (χ0v) is 14.6. The van der Waals surface area contributed by atoms with Gasteiger partial charge in [-0.25, -0.2) is 0 Å². The van der Waals surface area contributed by atoms with Crippen LogP contribution in [0.25, 0.3) is 0 Å². The van der Waals surface area contributed by atoms with Crippen LogP contribution in [0.4, 0.5) is 0 Å². The Hall–Kier alpha value is -0.470. The fraction of sp³-hybridized carbons (Fsp3) is 0.385. The molecule has 0 aliphatic heterocycles. The number of hydrogen-bond acceptors (Lipinski definition) is 7. The molecule has 1 heterocycles. The van der Waals surface area contributed by atoms with Crippen molar-refractivity contribution in [2.45, 2.75) is 21.7 Å². The van der Waals surface area contributed by atoms with Gasteiger partial charge in [0.2, 0.25) is 0 Å². The molecule has 4 nitrogen and oxygen atoms in total. The first-order valence-corrected chi connectivity index (χ1v) is 9.49. The molecule has 0 aliphatic rings.